The number of hydrogen-bond donors (Lipinski definition) is 0. The van der Waals surface area contributed by atoms with Crippen LogP contribution in [0.4, 0.5) is 8.78 Å². The first-order chi connectivity index (χ1) is 17.1. The second-order valence-corrected chi connectivity index (χ2v) is 8.31. The number of nitriles is 1. The van der Waals surface area contributed by atoms with Gasteiger partial charge in [0.05, 0.1) is 24.3 Å². The summed E-state index contributed by atoms with van der Waals surface area (Å²) in [6, 6.07) is 12.8. The van der Waals surface area contributed by atoms with E-state index in [9.17, 15) is 8.78 Å². The smallest absolute Gasteiger partial charge is 0.168 e. The van der Waals surface area contributed by atoms with Gasteiger partial charge in [-0.3, -0.25) is 4.57 Å². The van der Waals surface area contributed by atoms with E-state index in [1.807, 2.05) is 30.3 Å². The number of nitrogens with zero attached hydrogens (tertiary/aromatic N) is 4. The van der Waals surface area contributed by atoms with Gasteiger partial charge in [0.1, 0.15) is 29.0 Å². The molecule has 1 aliphatic carbocycles. The van der Waals surface area contributed by atoms with E-state index in [4.69, 9.17) is 14.7 Å². The van der Waals surface area contributed by atoms with Crippen molar-refractivity contribution >= 4 is 23.2 Å². The lowest BCUT2D eigenvalue weighted by molar-refractivity contribution is 0.200. The maximum Gasteiger partial charge on any atom is 0.168 e. The molecule has 176 valence electrons. The fourth-order valence-corrected chi connectivity index (χ4v) is 4.36. The molecule has 0 unspecified atom stereocenters. The number of imidazole rings is 1. The molecule has 0 amide bonds. The zero-order valence-electron chi connectivity index (χ0n) is 19.0. The minimum absolute atomic E-state index is 0.0938. The number of rotatable bonds is 6. The number of pyridine rings is 1. The Kier molecular flexibility index (Phi) is 6.15. The number of fused-ring (bicyclic) bond motifs is 1. The second kappa shape index (κ2) is 9.55. The molecule has 0 saturated heterocycles. The molecule has 2 aromatic carbocycles. The summed E-state index contributed by atoms with van der Waals surface area (Å²) in [5.74, 6) is 0.470. The van der Waals surface area contributed by atoms with Crippen molar-refractivity contribution in [2.24, 2.45) is 0 Å². The van der Waals surface area contributed by atoms with E-state index >= 15 is 0 Å². The summed E-state index contributed by atoms with van der Waals surface area (Å²) in [7, 11) is 1.59. The second-order valence-electron chi connectivity index (χ2n) is 8.31. The largest absolute Gasteiger partial charge is 0.493 e. The van der Waals surface area contributed by atoms with Crippen LogP contribution in [0.25, 0.3) is 29.0 Å². The summed E-state index contributed by atoms with van der Waals surface area (Å²) in [4.78, 5) is 8.76. The van der Waals surface area contributed by atoms with Crippen LogP contribution in [0.5, 0.6) is 11.5 Å². The summed E-state index contributed by atoms with van der Waals surface area (Å²) >= 11 is 0. The number of ether oxygens (including phenoxy) is 2. The van der Waals surface area contributed by atoms with Gasteiger partial charge in [-0.15, -0.1) is 0 Å². The van der Waals surface area contributed by atoms with Crippen molar-refractivity contribution in [2.45, 2.75) is 31.8 Å². The van der Waals surface area contributed by atoms with Crippen molar-refractivity contribution in [3.63, 3.8) is 0 Å². The van der Waals surface area contributed by atoms with E-state index in [-0.39, 0.29) is 17.1 Å². The highest BCUT2D eigenvalue weighted by Gasteiger charge is 2.21. The molecule has 6 nitrogen and oxygen atoms in total. The first kappa shape index (κ1) is 22.5. The maximum atomic E-state index is 14.9. The maximum absolute atomic E-state index is 14.9. The summed E-state index contributed by atoms with van der Waals surface area (Å²) in [5, 5.41) is 9.10. The first-order valence-electron chi connectivity index (χ1n) is 11.3. The molecule has 0 N–H and O–H groups in total. The van der Waals surface area contributed by atoms with Gasteiger partial charge in [0.15, 0.2) is 17.3 Å². The van der Waals surface area contributed by atoms with Gasteiger partial charge in [0, 0.05) is 23.9 Å². The Morgan fingerprint density at radius 3 is 2.66 bits per heavy atom. The molecule has 1 fully saturated rings. The molecule has 4 aromatic rings. The Labute approximate surface area is 201 Å². The van der Waals surface area contributed by atoms with Crippen LogP contribution in [0.2, 0.25) is 0 Å². The summed E-state index contributed by atoms with van der Waals surface area (Å²) in [6.07, 6.45) is 9.28. The number of benzene rings is 2. The fourth-order valence-electron chi connectivity index (χ4n) is 4.36. The van der Waals surface area contributed by atoms with Crippen LogP contribution in [-0.4, -0.2) is 27.7 Å². The van der Waals surface area contributed by atoms with Crippen LogP contribution in [-0.2, 0) is 0 Å². The van der Waals surface area contributed by atoms with Crippen molar-refractivity contribution in [3.8, 4) is 23.4 Å². The number of methoxy groups -OCH3 is 1. The van der Waals surface area contributed by atoms with Gasteiger partial charge in [-0.05, 0) is 56.0 Å². The van der Waals surface area contributed by atoms with Crippen molar-refractivity contribution in [3.05, 3.63) is 77.2 Å². The number of aromatic nitrogens is 3. The van der Waals surface area contributed by atoms with Crippen molar-refractivity contribution in [1.29, 1.82) is 5.26 Å². The Hall–Kier alpha value is -4.25. The highest BCUT2D eigenvalue weighted by molar-refractivity contribution is 5.83. The fraction of sp³-hybridized carbons (Fsp3) is 0.222. The van der Waals surface area contributed by atoms with Crippen LogP contribution in [0.1, 0.15) is 42.6 Å². The molecule has 35 heavy (non-hydrogen) atoms. The molecular formula is C27H22F2N4O2. The molecule has 0 spiro atoms. The average molecular weight is 472 g/mol. The quantitative estimate of drug-likeness (QED) is 0.341. The average Bonchev–Trinajstić information content (AvgIpc) is 3.51. The highest BCUT2D eigenvalue weighted by Crippen LogP contribution is 2.36. The zero-order valence-corrected chi connectivity index (χ0v) is 19.0. The zero-order chi connectivity index (χ0) is 24.4. The number of halogens is 2. The van der Waals surface area contributed by atoms with Crippen LogP contribution in [0.15, 0.2) is 48.7 Å². The molecule has 1 aliphatic rings. The summed E-state index contributed by atoms with van der Waals surface area (Å²) < 4.78 is 42.1. The van der Waals surface area contributed by atoms with Crippen molar-refractivity contribution < 1.29 is 18.3 Å². The molecule has 1 saturated carbocycles. The molecule has 2 aromatic heterocycles. The molecule has 0 bridgehead atoms. The standard InChI is InChI=1S/C27H22F2N4O2/c1-34-23-8-4-5-18(27(23)35-20-6-2-3-7-20)10-12-25-32-22-14-19(28)13-21(29)26(22)33(25)24-11-9-17(15-30)16-31-24/h4-5,8-14,16,20H,2-3,6-7H2,1H3/b12-10+. The Balaban J connectivity index is 1.62. The minimum Gasteiger partial charge on any atom is -0.493 e. The van der Waals surface area contributed by atoms with E-state index in [0.29, 0.717) is 28.7 Å². The van der Waals surface area contributed by atoms with E-state index < -0.39 is 11.6 Å². The van der Waals surface area contributed by atoms with Crippen LogP contribution < -0.4 is 9.47 Å². The summed E-state index contributed by atoms with van der Waals surface area (Å²) in [6.45, 7) is 0. The molecule has 8 heteroatoms. The molecule has 0 atom stereocenters. The van der Waals surface area contributed by atoms with E-state index in [1.54, 1.807) is 25.3 Å². The van der Waals surface area contributed by atoms with Crippen LogP contribution in [0.3, 0.4) is 0 Å². The Bertz CT molecular complexity index is 1450. The minimum atomic E-state index is -0.759. The third-order valence-corrected chi connectivity index (χ3v) is 6.03. The monoisotopic (exact) mass is 472 g/mol. The van der Waals surface area contributed by atoms with Crippen LogP contribution in [0, 0.1) is 23.0 Å². The van der Waals surface area contributed by atoms with Gasteiger partial charge < -0.3 is 9.47 Å². The summed E-state index contributed by atoms with van der Waals surface area (Å²) in [5.41, 5.74) is 1.39. The molecule has 0 aliphatic heterocycles. The van der Waals surface area contributed by atoms with E-state index in [1.165, 1.54) is 16.8 Å². The normalized spacial score (nSPS) is 14.0. The lowest BCUT2D eigenvalue weighted by atomic mass is 10.1. The van der Waals surface area contributed by atoms with E-state index in [0.717, 1.165) is 37.3 Å². The van der Waals surface area contributed by atoms with Crippen molar-refractivity contribution in [2.75, 3.05) is 7.11 Å². The van der Waals surface area contributed by atoms with Crippen LogP contribution >= 0.6 is 0 Å². The predicted octanol–water partition coefficient (Wildman–Crippen LogP) is 6.07. The lowest BCUT2D eigenvalue weighted by Crippen LogP contribution is -2.12. The highest BCUT2D eigenvalue weighted by atomic mass is 19.1. The first-order valence-corrected chi connectivity index (χ1v) is 11.3. The van der Waals surface area contributed by atoms with Gasteiger partial charge in [-0.1, -0.05) is 12.1 Å². The topological polar surface area (TPSA) is 73.0 Å². The van der Waals surface area contributed by atoms with Gasteiger partial charge in [-0.2, -0.15) is 5.26 Å². The Morgan fingerprint density at radius 1 is 1.11 bits per heavy atom. The third-order valence-electron chi connectivity index (χ3n) is 6.03. The Morgan fingerprint density at radius 2 is 1.94 bits per heavy atom. The molecule has 2 heterocycles. The van der Waals surface area contributed by atoms with Gasteiger partial charge >= 0.3 is 0 Å². The van der Waals surface area contributed by atoms with Gasteiger partial charge in [-0.25, -0.2) is 18.7 Å². The molecule has 0 radical (unpaired) electrons. The number of hydrogen-bond acceptors (Lipinski definition) is 5. The lowest BCUT2D eigenvalue weighted by Gasteiger charge is -2.18. The number of para-hydroxylation sites is 1. The third kappa shape index (κ3) is 4.45. The van der Waals surface area contributed by atoms with Gasteiger partial charge in [0.25, 0.3) is 0 Å². The van der Waals surface area contributed by atoms with Crippen molar-refractivity contribution in [1.82, 2.24) is 14.5 Å². The molecular weight excluding hydrogens is 450 g/mol. The van der Waals surface area contributed by atoms with E-state index in [2.05, 4.69) is 9.97 Å². The predicted molar refractivity (Wildman–Crippen MR) is 128 cm³/mol. The van der Waals surface area contributed by atoms with Gasteiger partial charge in [0.2, 0.25) is 0 Å². The SMILES string of the molecule is COc1cccc(/C=C/c2nc3cc(F)cc(F)c3n2-c2ccc(C#N)cn2)c1OC1CCCC1. The molecule has 5 rings (SSSR count).